The average Bonchev–Trinajstić information content (AvgIpc) is 3.01. The molecule has 2 aromatic heterocycles. The summed E-state index contributed by atoms with van der Waals surface area (Å²) in [4.78, 5) is 13.3. The maximum atomic E-state index is 5.91. The summed E-state index contributed by atoms with van der Waals surface area (Å²) < 4.78 is 7.07. The highest BCUT2D eigenvalue weighted by Crippen LogP contribution is 2.23. The molecule has 5 nitrogen and oxygen atoms in total. The highest BCUT2D eigenvalue weighted by atomic mass is 127. The fourth-order valence-electron chi connectivity index (χ4n) is 2.86. The fraction of sp³-hybridized carbons (Fsp3) is 0.294. The summed E-state index contributed by atoms with van der Waals surface area (Å²) >= 11 is 8.24. The van der Waals surface area contributed by atoms with E-state index < -0.39 is 0 Å². The Kier molecular flexibility index (Phi) is 4.60. The number of halogens is 2. The van der Waals surface area contributed by atoms with E-state index in [9.17, 15) is 0 Å². The number of oxazole rings is 1. The van der Waals surface area contributed by atoms with Crippen molar-refractivity contribution in [2.75, 3.05) is 31.1 Å². The van der Waals surface area contributed by atoms with Gasteiger partial charge in [-0.25, -0.2) is 4.98 Å². The number of rotatable bonds is 3. The summed E-state index contributed by atoms with van der Waals surface area (Å²) in [5.74, 6) is 0. The van der Waals surface area contributed by atoms with Crippen molar-refractivity contribution in [3.05, 3.63) is 50.7 Å². The van der Waals surface area contributed by atoms with E-state index in [2.05, 4.69) is 66.6 Å². The van der Waals surface area contributed by atoms with Gasteiger partial charge in [0.25, 0.3) is 6.01 Å². The zero-order valence-corrected chi connectivity index (χ0v) is 15.9. The molecule has 1 saturated heterocycles. The van der Waals surface area contributed by atoms with Gasteiger partial charge in [0.15, 0.2) is 5.58 Å². The second kappa shape index (κ2) is 6.85. The van der Waals surface area contributed by atoms with Gasteiger partial charge in [-0.05, 0) is 52.4 Å². The molecule has 24 heavy (non-hydrogen) atoms. The first-order valence-electron chi connectivity index (χ1n) is 7.82. The van der Waals surface area contributed by atoms with E-state index in [1.54, 1.807) is 6.07 Å². The molecule has 0 atom stereocenters. The van der Waals surface area contributed by atoms with Crippen LogP contribution in [0.25, 0.3) is 11.2 Å². The smallest absolute Gasteiger partial charge is 0.300 e. The largest absolute Gasteiger partial charge is 0.422 e. The van der Waals surface area contributed by atoms with Crippen molar-refractivity contribution in [1.29, 1.82) is 0 Å². The van der Waals surface area contributed by atoms with Gasteiger partial charge in [-0.3, -0.25) is 4.90 Å². The topological polar surface area (TPSA) is 45.4 Å². The first-order valence-corrected chi connectivity index (χ1v) is 9.28. The number of nitrogens with zero attached hydrogens (tertiary/aromatic N) is 4. The van der Waals surface area contributed by atoms with Crippen molar-refractivity contribution >= 4 is 51.4 Å². The summed E-state index contributed by atoms with van der Waals surface area (Å²) in [5, 5.41) is 0.435. The summed E-state index contributed by atoms with van der Waals surface area (Å²) in [6.45, 7) is 4.74. The number of piperazine rings is 1. The van der Waals surface area contributed by atoms with E-state index in [1.807, 2.05) is 6.07 Å². The predicted octanol–water partition coefficient (Wildman–Crippen LogP) is 3.80. The molecule has 7 heteroatoms. The van der Waals surface area contributed by atoms with Crippen LogP contribution in [0.5, 0.6) is 0 Å². The molecule has 1 fully saturated rings. The lowest BCUT2D eigenvalue weighted by Crippen LogP contribution is -2.46. The van der Waals surface area contributed by atoms with Gasteiger partial charge in [-0.1, -0.05) is 23.7 Å². The molecular formula is C17H16ClIN4O. The van der Waals surface area contributed by atoms with Gasteiger partial charge in [0.1, 0.15) is 5.15 Å². The maximum Gasteiger partial charge on any atom is 0.300 e. The predicted molar refractivity (Wildman–Crippen MR) is 103 cm³/mol. The number of hydrogen-bond acceptors (Lipinski definition) is 5. The Labute approximate surface area is 158 Å². The lowest BCUT2D eigenvalue weighted by atomic mass is 10.2. The van der Waals surface area contributed by atoms with Crippen molar-refractivity contribution in [2.45, 2.75) is 6.54 Å². The molecule has 3 heterocycles. The lowest BCUT2D eigenvalue weighted by molar-refractivity contribution is 0.245. The number of aromatic nitrogens is 2. The molecule has 0 spiro atoms. The quantitative estimate of drug-likeness (QED) is 0.445. The normalized spacial score (nSPS) is 16.0. The Morgan fingerprint density at radius 2 is 1.75 bits per heavy atom. The molecule has 0 unspecified atom stereocenters. The average molecular weight is 455 g/mol. The van der Waals surface area contributed by atoms with Crippen molar-refractivity contribution < 1.29 is 4.42 Å². The highest BCUT2D eigenvalue weighted by Gasteiger charge is 2.21. The van der Waals surface area contributed by atoms with E-state index in [0.29, 0.717) is 22.4 Å². The Morgan fingerprint density at radius 3 is 2.50 bits per heavy atom. The fourth-order valence-corrected chi connectivity index (χ4v) is 3.37. The zero-order valence-electron chi connectivity index (χ0n) is 13.0. The van der Waals surface area contributed by atoms with Gasteiger partial charge in [0.05, 0.1) is 0 Å². The van der Waals surface area contributed by atoms with Gasteiger partial charge >= 0.3 is 0 Å². The van der Waals surface area contributed by atoms with E-state index in [4.69, 9.17) is 16.0 Å². The van der Waals surface area contributed by atoms with Crippen LogP contribution in [0, 0.1) is 3.57 Å². The first kappa shape index (κ1) is 16.1. The molecule has 124 valence electrons. The summed E-state index contributed by atoms with van der Waals surface area (Å²) in [7, 11) is 0. The Bertz CT molecular complexity index is 843. The SMILES string of the molecule is Clc1ccc2oc(N3CCN(Cc4ccc(I)cc4)CC3)nc2n1. The second-order valence-corrected chi connectivity index (χ2v) is 7.47. The van der Waals surface area contributed by atoms with Crippen LogP contribution in [-0.2, 0) is 6.54 Å². The van der Waals surface area contributed by atoms with E-state index in [-0.39, 0.29) is 0 Å². The molecule has 0 radical (unpaired) electrons. The van der Waals surface area contributed by atoms with Crippen LogP contribution in [-0.4, -0.2) is 41.0 Å². The number of benzene rings is 1. The van der Waals surface area contributed by atoms with Crippen LogP contribution < -0.4 is 4.90 Å². The molecule has 0 amide bonds. The summed E-state index contributed by atoms with van der Waals surface area (Å²) in [6, 6.07) is 12.9. The van der Waals surface area contributed by atoms with E-state index >= 15 is 0 Å². The Balaban J connectivity index is 1.40. The lowest BCUT2D eigenvalue weighted by Gasteiger charge is -2.33. The minimum atomic E-state index is 0.435. The number of pyridine rings is 1. The molecule has 1 aliphatic heterocycles. The minimum absolute atomic E-state index is 0.435. The monoisotopic (exact) mass is 454 g/mol. The van der Waals surface area contributed by atoms with Crippen LogP contribution in [0.2, 0.25) is 5.15 Å². The van der Waals surface area contributed by atoms with Crippen molar-refractivity contribution in [3.8, 4) is 0 Å². The van der Waals surface area contributed by atoms with Crippen LogP contribution in [0.4, 0.5) is 6.01 Å². The molecule has 1 aromatic carbocycles. The standard InChI is InChI=1S/C17H16ClIN4O/c18-15-6-5-14-16(20-15)21-17(24-14)23-9-7-22(8-10-23)11-12-1-3-13(19)4-2-12/h1-6H,7-11H2. The molecule has 0 aliphatic carbocycles. The van der Waals surface area contributed by atoms with E-state index in [1.165, 1.54) is 9.13 Å². The third-order valence-corrected chi connectivity index (χ3v) is 5.10. The van der Waals surface area contributed by atoms with Crippen LogP contribution in [0.15, 0.2) is 40.8 Å². The Morgan fingerprint density at radius 1 is 1.00 bits per heavy atom. The van der Waals surface area contributed by atoms with Gasteiger partial charge in [-0.2, -0.15) is 4.98 Å². The third-order valence-electron chi connectivity index (χ3n) is 4.17. The molecule has 0 N–H and O–H groups in total. The minimum Gasteiger partial charge on any atom is -0.422 e. The summed E-state index contributed by atoms with van der Waals surface area (Å²) in [5.41, 5.74) is 2.60. The number of anilines is 1. The molecular weight excluding hydrogens is 439 g/mol. The maximum absolute atomic E-state index is 5.91. The molecule has 4 rings (SSSR count). The van der Waals surface area contributed by atoms with Crippen LogP contribution >= 0.6 is 34.2 Å². The molecule has 3 aromatic rings. The Hall–Kier alpha value is -1.38. The van der Waals surface area contributed by atoms with Gasteiger partial charge < -0.3 is 9.32 Å². The number of hydrogen-bond donors (Lipinski definition) is 0. The van der Waals surface area contributed by atoms with Crippen LogP contribution in [0.3, 0.4) is 0 Å². The van der Waals surface area contributed by atoms with Gasteiger partial charge in [-0.15, -0.1) is 0 Å². The third kappa shape index (κ3) is 3.50. The molecule has 0 saturated carbocycles. The van der Waals surface area contributed by atoms with Gasteiger partial charge in [0, 0.05) is 36.3 Å². The first-order chi connectivity index (χ1) is 11.7. The summed E-state index contributed by atoms with van der Waals surface area (Å²) in [6.07, 6.45) is 0. The molecule has 1 aliphatic rings. The van der Waals surface area contributed by atoms with Crippen molar-refractivity contribution in [1.82, 2.24) is 14.9 Å². The van der Waals surface area contributed by atoms with Crippen LogP contribution in [0.1, 0.15) is 5.56 Å². The zero-order chi connectivity index (χ0) is 16.5. The van der Waals surface area contributed by atoms with Crippen molar-refractivity contribution in [2.24, 2.45) is 0 Å². The van der Waals surface area contributed by atoms with E-state index in [0.717, 1.165) is 32.7 Å². The second-order valence-electron chi connectivity index (χ2n) is 5.84. The molecule has 0 bridgehead atoms. The number of fused-ring (bicyclic) bond motifs is 1. The highest BCUT2D eigenvalue weighted by molar-refractivity contribution is 14.1. The van der Waals surface area contributed by atoms with Gasteiger partial charge in [0.2, 0.25) is 5.65 Å². The van der Waals surface area contributed by atoms with Crippen molar-refractivity contribution in [3.63, 3.8) is 0 Å².